The Labute approximate surface area is 91.4 Å². The molecule has 0 heterocycles. The lowest BCUT2D eigenvalue weighted by Gasteiger charge is -2.16. The molecule has 0 amide bonds. The number of ether oxygens (including phenoxy) is 2. The molecule has 84 valence electrons. The highest BCUT2D eigenvalue weighted by atomic mass is 16.5. The molecule has 0 aliphatic rings. The monoisotopic (exact) mass is 209 g/mol. The number of benzene rings is 1. The molecule has 0 saturated heterocycles. The number of rotatable bonds is 5. The predicted octanol–water partition coefficient (Wildman–Crippen LogP) is 2.12. The van der Waals surface area contributed by atoms with E-state index in [2.05, 4.69) is 18.3 Å². The maximum atomic E-state index is 5.31. The summed E-state index contributed by atoms with van der Waals surface area (Å²) >= 11 is 0. The van der Waals surface area contributed by atoms with Crippen molar-refractivity contribution >= 4 is 0 Å². The second kappa shape index (κ2) is 5.73. The molecule has 0 aliphatic heterocycles. The maximum Gasteiger partial charge on any atom is 0.133 e. The number of methoxy groups -OCH3 is 2. The fraction of sp³-hybridized carbons (Fsp3) is 0.500. The van der Waals surface area contributed by atoms with Gasteiger partial charge in [-0.15, -0.1) is 0 Å². The van der Waals surface area contributed by atoms with E-state index in [1.165, 1.54) is 5.56 Å². The molecule has 0 spiro atoms. The highest BCUT2D eigenvalue weighted by Gasteiger charge is 2.09. The first kappa shape index (κ1) is 12.0. The Morgan fingerprint density at radius 2 is 2.07 bits per heavy atom. The van der Waals surface area contributed by atoms with E-state index < -0.39 is 0 Å². The van der Waals surface area contributed by atoms with Gasteiger partial charge in [-0.2, -0.15) is 0 Å². The molecule has 1 atom stereocenters. The molecule has 0 aromatic heterocycles. The fourth-order valence-electron chi connectivity index (χ4n) is 1.66. The minimum absolute atomic E-state index is 0.0544. The van der Waals surface area contributed by atoms with Gasteiger partial charge in [0.1, 0.15) is 12.0 Å². The van der Waals surface area contributed by atoms with Gasteiger partial charge in [-0.25, -0.2) is 0 Å². The van der Waals surface area contributed by atoms with Crippen LogP contribution in [0.4, 0.5) is 0 Å². The van der Waals surface area contributed by atoms with E-state index in [1.807, 2.05) is 19.2 Å². The largest absolute Gasteiger partial charge is 0.496 e. The summed E-state index contributed by atoms with van der Waals surface area (Å²) in [6, 6.07) is 6.11. The number of hydrogen-bond donors (Lipinski definition) is 1. The van der Waals surface area contributed by atoms with Gasteiger partial charge in [0.15, 0.2) is 0 Å². The van der Waals surface area contributed by atoms with Crippen molar-refractivity contribution in [3.63, 3.8) is 0 Å². The van der Waals surface area contributed by atoms with Crippen LogP contribution in [0, 0.1) is 0 Å². The second-order valence-electron chi connectivity index (χ2n) is 3.33. The van der Waals surface area contributed by atoms with Crippen molar-refractivity contribution in [2.45, 2.75) is 19.6 Å². The van der Waals surface area contributed by atoms with Gasteiger partial charge < -0.3 is 9.47 Å². The van der Waals surface area contributed by atoms with E-state index in [-0.39, 0.29) is 6.23 Å². The quantitative estimate of drug-likeness (QED) is 0.753. The van der Waals surface area contributed by atoms with Gasteiger partial charge in [0, 0.05) is 7.11 Å². The molecule has 3 nitrogen and oxygen atoms in total. The Balaban J connectivity index is 3.01. The van der Waals surface area contributed by atoms with Crippen LogP contribution in [0.3, 0.4) is 0 Å². The summed E-state index contributed by atoms with van der Waals surface area (Å²) in [5.41, 5.74) is 2.32. The van der Waals surface area contributed by atoms with Crippen LogP contribution in [-0.4, -0.2) is 21.3 Å². The summed E-state index contributed by atoms with van der Waals surface area (Å²) in [5, 5.41) is 3.09. The van der Waals surface area contributed by atoms with Crippen LogP contribution < -0.4 is 10.1 Å². The zero-order valence-electron chi connectivity index (χ0n) is 9.83. The van der Waals surface area contributed by atoms with Gasteiger partial charge in [0.25, 0.3) is 0 Å². The molecule has 0 aliphatic carbocycles. The van der Waals surface area contributed by atoms with Gasteiger partial charge >= 0.3 is 0 Å². The molecule has 1 aromatic carbocycles. The standard InChI is InChI=1S/C12H19NO2/c1-5-9-8-10(12(13-2)15-4)6-7-11(9)14-3/h6-8,12-13H,5H2,1-4H3. The lowest BCUT2D eigenvalue weighted by molar-refractivity contribution is 0.0808. The molecular formula is C12H19NO2. The van der Waals surface area contributed by atoms with Crippen LogP contribution in [0.25, 0.3) is 0 Å². The summed E-state index contributed by atoms with van der Waals surface area (Å²) in [4.78, 5) is 0. The van der Waals surface area contributed by atoms with E-state index in [1.54, 1.807) is 14.2 Å². The Bertz CT molecular complexity index is 308. The van der Waals surface area contributed by atoms with Crippen molar-refractivity contribution in [2.75, 3.05) is 21.3 Å². The molecular weight excluding hydrogens is 190 g/mol. The predicted molar refractivity (Wildman–Crippen MR) is 61.2 cm³/mol. The molecule has 0 bridgehead atoms. The lowest BCUT2D eigenvalue weighted by Crippen LogP contribution is -2.18. The molecule has 0 saturated carbocycles. The number of aryl methyl sites for hydroxylation is 1. The zero-order chi connectivity index (χ0) is 11.3. The van der Waals surface area contributed by atoms with Crippen LogP contribution in [0.1, 0.15) is 24.3 Å². The molecule has 1 N–H and O–H groups in total. The minimum Gasteiger partial charge on any atom is -0.496 e. The summed E-state index contributed by atoms with van der Waals surface area (Å²) in [7, 11) is 5.26. The zero-order valence-corrected chi connectivity index (χ0v) is 9.83. The highest BCUT2D eigenvalue weighted by molar-refractivity contribution is 5.38. The van der Waals surface area contributed by atoms with Crippen molar-refractivity contribution in [1.82, 2.24) is 5.32 Å². The molecule has 0 fully saturated rings. The molecule has 15 heavy (non-hydrogen) atoms. The van der Waals surface area contributed by atoms with E-state index in [0.717, 1.165) is 17.7 Å². The first-order chi connectivity index (χ1) is 7.26. The molecule has 1 unspecified atom stereocenters. The van der Waals surface area contributed by atoms with Crippen LogP contribution in [0.15, 0.2) is 18.2 Å². The first-order valence-corrected chi connectivity index (χ1v) is 5.13. The summed E-state index contributed by atoms with van der Waals surface area (Å²) < 4.78 is 10.6. The third-order valence-corrected chi connectivity index (χ3v) is 2.49. The maximum absolute atomic E-state index is 5.31. The Hall–Kier alpha value is -1.06. The first-order valence-electron chi connectivity index (χ1n) is 5.13. The van der Waals surface area contributed by atoms with Crippen molar-refractivity contribution in [3.05, 3.63) is 29.3 Å². The Morgan fingerprint density at radius 1 is 1.33 bits per heavy atom. The van der Waals surface area contributed by atoms with E-state index in [9.17, 15) is 0 Å². The smallest absolute Gasteiger partial charge is 0.133 e. The van der Waals surface area contributed by atoms with Crippen molar-refractivity contribution in [3.8, 4) is 5.75 Å². The van der Waals surface area contributed by atoms with Gasteiger partial charge in [0.2, 0.25) is 0 Å². The highest BCUT2D eigenvalue weighted by Crippen LogP contribution is 2.23. The van der Waals surface area contributed by atoms with Gasteiger partial charge in [0.05, 0.1) is 7.11 Å². The fourth-order valence-corrected chi connectivity index (χ4v) is 1.66. The summed E-state index contributed by atoms with van der Waals surface area (Å²) in [6.45, 7) is 2.11. The number of hydrogen-bond acceptors (Lipinski definition) is 3. The lowest BCUT2D eigenvalue weighted by atomic mass is 10.1. The normalized spacial score (nSPS) is 12.5. The third kappa shape index (κ3) is 2.70. The molecule has 3 heteroatoms. The summed E-state index contributed by atoms with van der Waals surface area (Å²) in [5.74, 6) is 0.937. The van der Waals surface area contributed by atoms with Gasteiger partial charge in [-0.3, -0.25) is 5.32 Å². The summed E-state index contributed by atoms with van der Waals surface area (Å²) in [6.07, 6.45) is 0.901. The van der Waals surface area contributed by atoms with Crippen LogP contribution in [0.2, 0.25) is 0 Å². The minimum atomic E-state index is -0.0544. The third-order valence-electron chi connectivity index (χ3n) is 2.49. The van der Waals surface area contributed by atoms with Crippen molar-refractivity contribution in [1.29, 1.82) is 0 Å². The molecule has 0 radical (unpaired) electrons. The van der Waals surface area contributed by atoms with E-state index >= 15 is 0 Å². The van der Waals surface area contributed by atoms with Gasteiger partial charge in [-0.05, 0) is 36.7 Å². The molecule has 1 rings (SSSR count). The van der Waals surface area contributed by atoms with E-state index in [4.69, 9.17) is 9.47 Å². The van der Waals surface area contributed by atoms with Crippen molar-refractivity contribution in [2.24, 2.45) is 0 Å². The Kier molecular flexibility index (Phi) is 4.59. The molecule has 1 aromatic rings. The van der Waals surface area contributed by atoms with Crippen LogP contribution >= 0.6 is 0 Å². The van der Waals surface area contributed by atoms with Crippen molar-refractivity contribution < 1.29 is 9.47 Å². The van der Waals surface area contributed by atoms with Crippen LogP contribution in [-0.2, 0) is 11.2 Å². The number of nitrogens with one attached hydrogen (secondary N) is 1. The van der Waals surface area contributed by atoms with E-state index in [0.29, 0.717) is 0 Å². The Morgan fingerprint density at radius 3 is 2.53 bits per heavy atom. The topological polar surface area (TPSA) is 30.5 Å². The van der Waals surface area contributed by atoms with Crippen LogP contribution in [0.5, 0.6) is 5.75 Å². The average Bonchev–Trinajstić information content (AvgIpc) is 2.30. The average molecular weight is 209 g/mol. The SMILES string of the molecule is CCc1cc(C(NC)OC)ccc1OC. The second-order valence-corrected chi connectivity index (χ2v) is 3.33. The van der Waals surface area contributed by atoms with Gasteiger partial charge in [-0.1, -0.05) is 13.0 Å².